The monoisotopic (exact) mass is 303 g/mol. The van der Waals surface area contributed by atoms with E-state index >= 15 is 0 Å². The van der Waals surface area contributed by atoms with Gasteiger partial charge in [-0.05, 0) is 57.6 Å². The fraction of sp³-hybridized carbons (Fsp3) is 0.562. The summed E-state index contributed by atoms with van der Waals surface area (Å²) in [6.45, 7) is 8.57. The molecule has 2 aliphatic heterocycles. The van der Waals surface area contributed by atoms with E-state index in [9.17, 15) is 9.90 Å². The van der Waals surface area contributed by atoms with Gasteiger partial charge in [0.2, 0.25) is 0 Å². The van der Waals surface area contributed by atoms with Gasteiger partial charge in [-0.25, -0.2) is 4.79 Å². The second-order valence-electron chi connectivity index (χ2n) is 7.01. The highest BCUT2D eigenvalue weighted by Crippen LogP contribution is 2.37. The molecule has 6 heteroatoms. The Morgan fingerprint density at radius 2 is 1.86 bits per heavy atom. The van der Waals surface area contributed by atoms with Crippen molar-refractivity contribution in [3.05, 3.63) is 23.8 Å². The van der Waals surface area contributed by atoms with Crippen molar-refractivity contribution in [1.82, 2.24) is 0 Å². The lowest BCUT2D eigenvalue weighted by atomic mass is 9.77. The van der Waals surface area contributed by atoms with Gasteiger partial charge in [0.1, 0.15) is 0 Å². The van der Waals surface area contributed by atoms with Crippen LogP contribution in [0.15, 0.2) is 18.2 Å². The van der Waals surface area contributed by atoms with Crippen molar-refractivity contribution in [3.63, 3.8) is 0 Å². The zero-order valence-electron chi connectivity index (χ0n) is 13.5. The summed E-state index contributed by atoms with van der Waals surface area (Å²) in [5.41, 5.74) is 1.88. The van der Waals surface area contributed by atoms with E-state index in [4.69, 9.17) is 9.31 Å². The smallest absolute Gasteiger partial charge is 0.465 e. The third-order valence-corrected chi connectivity index (χ3v) is 4.98. The summed E-state index contributed by atoms with van der Waals surface area (Å²) < 4.78 is 12.1. The summed E-state index contributed by atoms with van der Waals surface area (Å²) in [6.07, 6.45) is 0.852. The number of carbonyl (C=O) groups is 1. The van der Waals surface area contributed by atoms with E-state index in [0.717, 1.165) is 29.6 Å². The molecule has 0 atom stereocenters. The molecule has 1 saturated heterocycles. The first kappa shape index (κ1) is 15.4. The number of rotatable bonds is 1. The Hall–Kier alpha value is -1.53. The molecule has 0 spiro atoms. The first-order valence-electron chi connectivity index (χ1n) is 7.70. The Morgan fingerprint density at radius 1 is 1.23 bits per heavy atom. The van der Waals surface area contributed by atoms with Crippen LogP contribution in [0, 0.1) is 0 Å². The van der Waals surface area contributed by atoms with Crippen molar-refractivity contribution in [2.24, 2.45) is 0 Å². The van der Waals surface area contributed by atoms with Crippen molar-refractivity contribution < 1.29 is 19.2 Å². The van der Waals surface area contributed by atoms with Crippen molar-refractivity contribution >= 4 is 24.4 Å². The highest BCUT2D eigenvalue weighted by Gasteiger charge is 2.51. The number of hydrogen-bond donors (Lipinski definition) is 1. The van der Waals surface area contributed by atoms with Crippen LogP contribution < -0.4 is 10.4 Å². The molecule has 3 rings (SSSR count). The Labute approximate surface area is 131 Å². The predicted molar refractivity (Wildman–Crippen MR) is 85.8 cm³/mol. The molecule has 2 aliphatic rings. The fourth-order valence-corrected chi connectivity index (χ4v) is 2.92. The predicted octanol–water partition coefficient (Wildman–Crippen LogP) is 2.42. The molecule has 1 amide bonds. The summed E-state index contributed by atoms with van der Waals surface area (Å²) in [7, 11) is -0.465. The van der Waals surface area contributed by atoms with Gasteiger partial charge in [-0.1, -0.05) is 12.1 Å². The maximum Gasteiger partial charge on any atom is 0.494 e. The second kappa shape index (κ2) is 5.00. The van der Waals surface area contributed by atoms with Gasteiger partial charge in [0.25, 0.3) is 0 Å². The van der Waals surface area contributed by atoms with Crippen LogP contribution in [0.4, 0.5) is 10.5 Å². The first-order valence-corrected chi connectivity index (χ1v) is 7.70. The molecule has 0 aliphatic carbocycles. The lowest BCUT2D eigenvalue weighted by Crippen LogP contribution is -2.41. The number of aryl methyl sites for hydroxylation is 1. The van der Waals surface area contributed by atoms with Crippen LogP contribution in [-0.2, 0) is 15.7 Å². The average molecular weight is 303 g/mol. The van der Waals surface area contributed by atoms with Gasteiger partial charge in [0, 0.05) is 12.2 Å². The zero-order valence-corrected chi connectivity index (χ0v) is 13.5. The van der Waals surface area contributed by atoms with Gasteiger partial charge in [-0.3, -0.25) is 4.90 Å². The maximum atomic E-state index is 11.4. The number of amides is 1. The lowest BCUT2D eigenvalue weighted by molar-refractivity contribution is 0.00578. The summed E-state index contributed by atoms with van der Waals surface area (Å²) in [5.74, 6) is 0. The molecule has 22 heavy (non-hydrogen) atoms. The van der Waals surface area contributed by atoms with Gasteiger partial charge in [0.15, 0.2) is 0 Å². The van der Waals surface area contributed by atoms with Crippen LogP contribution in [-0.4, -0.2) is 36.1 Å². The standard InChI is InChI=1S/C16H22BNO4/c1-15(2)16(3,4)22-17(21-15)12-8-7-11-6-5-9-18(14(19)20)13(11)10-12/h7-8,10H,5-6,9H2,1-4H3,(H,19,20). The van der Waals surface area contributed by atoms with E-state index < -0.39 is 24.4 Å². The highest BCUT2D eigenvalue weighted by molar-refractivity contribution is 6.62. The van der Waals surface area contributed by atoms with Crippen LogP contribution >= 0.6 is 0 Å². The van der Waals surface area contributed by atoms with Gasteiger partial charge >= 0.3 is 13.2 Å². The van der Waals surface area contributed by atoms with E-state index in [1.165, 1.54) is 4.90 Å². The summed E-state index contributed by atoms with van der Waals surface area (Å²) in [4.78, 5) is 12.8. The number of anilines is 1. The van der Waals surface area contributed by atoms with E-state index in [1.54, 1.807) is 0 Å². The van der Waals surface area contributed by atoms with Crippen molar-refractivity contribution in [2.75, 3.05) is 11.4 Å². The lowest BCUT2D eigenvalue weighted by Gasteiger charge is -2.32. The summed E-state index contributed by atoms with van der Waals surface area (Å²) in [5, 5.41) is 9.37. The first-order chi connectivity index (χ1) is 10.2. The highest BCUT2D eigenvalue weighted by atomic mass is 16.7. The molecule has 2 heterocycles. The third kappa shape index (κ3) is 2.40. The quantitative estimate of drug-likeness (QED) is 0.809. The van der Waals surface area contributed by atoms with Gasteiger partial charge in [0.05, 0.1) is 11.2 Å². The van der Waals surface area contributed by atoms with Gasteiger partial charge in [-0.2, -0.15) is 0 Å². The number of fused-ring (bicyclic) bond motifs is 1. The van der Waals surface area contributed by atoms with Crippen molar-refractivity contribution in [3.8, 4) is 0 Å². The van der Waals surface area contributed by atoms with Crippen LogP contribution in [0.1, 0.15) is 39.7 Å². The summed E-state index contributed by atoms with van der Waals surface area (Å²) >= 11 is 0. The van der Waals surface area contributed by atoms with E-state index in [-0.39, 0.29) is 0 Å². The Bertz CT molecular complexity index is 598. The van der Waals surface area contributed by atoms with E-state index in [1.807, 2.05) is 45.9 Å². The number of carboxylic acid groups (broad SMARTS) is 1. The number of hydrogen-bond acceptors (Lipinski definition) is 3. The van der Waals surface area contributed by atoms with Crippen LogP contribution in [0.5, 0.6) is 0 Å². The minimum absolute atomic E-state index is 0.403. The van der Waals surface area contributed by atoms with E-state index in [0.29, 0.717) is 6.54 Å². The Balaban J connectivity index is 1.94. The second-order valence-corrected chi connectivity index (χ2v) is 7.01. The van der Waals surface area contributed by atoms with Crippen LogP contribution in [0.2, 0.25) is 0 Å². The Kier molecular flexibility index (Phi) is 3.49. The minimum atomic E-state index is -0.910. The molecule has 0 bridgehead atoms. The summed E-state index contributed by atoms with van der Waals surface area (Å²) in [6, 6.07) is 5.86. The molecule has 0 saturated carbocycles. The third-order valence-electron chi connectivity index (χ3n) is 4.98. The van der Waals surface area contributed by atoms with Gasteiger partial charge in [-0.15, -0.1) is 0 Å². The number of benzene rings is 1. The number of nitrogens with zero attached hydrogens (tertiary/aromatic N) is 1. The van der Waals surface area contributed by atoms with Gasteiger partial charge < -0.3 is 14.4 Å². The molecule has 1 fully saturated rings. The normalized spacial score (nSPS) is 22.5. The molecule has 118 valence electrons. The average Bonchev–Trinajstić information content (AvgIpc) is 2.66. The molecule has 0 aromatic heterocycles. The van der Waals surface area contributed by atoms with E-state index in [2.05, 4.69) is 0 Å². The molecule has 0 radical (unpaired) electrons. The molecule has 0 unspecified atom stereocenters. The topological polar surface area (TPSA) is 59.0 Å². The minimum Gasteiger partial charge on any atom is -0.465 e. The van der Waals surface area contributed by atoms with Crippen molar-refractivity contribution in [2.45, 2.75) is 51.7 Å². The van der Waals surface area contributed by atoms with Crippen LogP contribution in [0.3, 0.4) is 0 Å². The van der Waals surface area contributed by atoms with Crippen LogP contribution in [0.25, 0.3) is 0 Å². The zero-order chi connectivity index (χ0) is 16.1. The van der Waals surface area contributed by atoms with Crippen molar-refractivity contribution in [1.29, 1.82) is 0 Å². The molecular weight excluding hydrogens is 281 g/mol. The molecule has 1 aromatic rings. The SMILES string of the molecule is CC1(C)OB(c2ccc3c(c2)N(C(=O)O)CCC3)OC1(C)C. The maximum absolute atomic E-state index is 11.4. The fourth-order valence-electron chi connectivity index (χ4n) is 2.92. The molecular formula is C16H22BNO4. The molecule has 1 N–H and O–H groups in total. The molecule has 1 aromatic carbocycles. The largest absolute Gasteiger partial charge is 0.494 e. The molecule has 5 nitrogen and oxygen atoms in total. The Morgan fingerprint density at radius 3 is 2.45 bits per heavy atom.